The summed E-state index contributed by atoms with van der Waals surface area (Å²) in [5.74, 6) is 0. The molecule has 0 aromatic rings. The van der Waals surface area contributed by atoms with Gasteiger partial charge in [0.25, 0.3) is 0 Å². The first-order valence-electron chi connectivity index (χ1n) is 2.18. The van der Waals surface area contributed by atoms with Gasteiger partial charge in [-0.2, -0.15) is 13.2 Å². The van der Waals surface area contributed by atoms with Gasteiger partial charge in [-0.05, 0) is 0 Å². The van der Waals surface area contributed by atoms with Crippen LogP contribution in [0.5, 0.6) is 0 Å². The molecular formula is C4H3Cl3F4O2. The number of carbonyl (C=O) groups is 2. The van der Waals surface area contributed by atoms with Gasteiger partial charge in [-0.15, -0.1) is 0 Å². The molecular weight excluding hydrogens is 262 g/mol. The van der Waals surface area contributed by atoms with E-state index in [1.807, 2.05) is 0 Å². The predicted octanol–water partition coefficient (Wildman–Crippen LogP) is 2.46. The molecule has 0 bridgehead atoms. The number of hydrogen-bond donors (Lipinski definition) is 0. The summed E-state index contributed by atoms with van der Waals surface area (Å²) in [6.45, 7) is 0. The Kier molecular flexibility index (Phi) is 10.5. The number of carbonyl (C=O) groups excluding carboxylic acids is 2. The topological polar surface area (TPSA) is 34.1 Å². The molecule has 0 aliphatic carbocycles. The van der Waals surface area contributed by atoms with Crippen molar-refractivity contribution in [3.63, 3.8) is 0 Å². The fourth-order valence-electron chi connectivity index (χ4n) is 0. The van der Waals surface area contributed by atoms with Crippen molar-refractivity contribution in [3.8, 4) is 0 Å². The molecule has 0 heterocycles. The average Bonchev–Trinajstić information content (AvgIpc) is 1.86. The lowest BCUT2D eigenvalue weighted by Crippen LogP contribution is -2.07. The van der Waals surface area contributed by atoms with E-state index in [-0.39, 0.29) is 11.0 Å². The van der Waals surface area contributed by atoms with Crippen LogP contribution in [-0.4, -0.2) is 22.5 Å². The number of aldehydes is 2. The van der Waals surface area contributed by atoms with Crippen LogP contribution in [0.25, 0.3) is 0 Å². The van der Waals surface area contributed by atoms with E-state index in [0.717, 1.165) is 0 Å². The summed E-state index contributed by atoms with van der Waals surface area (Å²) in [7, 11) is 0. The van der Waals surface area contributed by atoms with Crippen molar-refractivity contribution < 1.29 is 27.5 Å². The highest BCUT2D eigenvalue weighted by atomic mass is 35.6. The molecule has 0 aliphatic heterocycles. The molecule has 0 saturated heterocycles. The fraction of sp³-hybridized carbons (Fsp3) is 0.500. The van der Waals surface area contributed by atoms with Crippen LogP contribution in [0.4, 0.5) is 17.9 Å². The third kappa shape index (κ3) is 33.5. The maximum absolute atomic E-state index is 10.4. The summed E-state index contributed by atoms with van der Waals surface area (Å²) in [5.41, 5.74) is 0. The first-order chi connectivity index (χ1) is 5.12. The Morgan fingerprint density at radius 1 is 0.923 bits per heavy atom. The van der Waals surface area contributed by atoms with Crippen molar-refractivity contribution in [2.24, 2.45) is 0 Å². The minimum Gasteiger partial charge on any atom is -0.299 e. The molecule has 0 spiro atoms. The molecule has 2 nitrogen and oxygen atoms in total. The monoisotopic (exact) mass is 264 g/mol. The van der Waals surface area contributed by atoms with Crippen LogP contribution in [-0.2, 0) is 9.59 Å². The van der Waals surface area contributed by atoms with Gasteiger partial charge in [-0.25, -0.2) is 0 Å². The first kappa shape index (κ1) is 18.7. The molecule has 0 radical (unpaired) electrons. The van der Waals surface area contributed by atoms with Gasteiger partial charge in [0, 0.05) is 0 Å². The maximum Gasteiger partial charge on any atom is 0.446 e. The largest absolute Gasteiger partial charge is 0.446 e. The Labute approximate surface area is 85.3 Å². The van der Waals surface area contributed by atoms with Gasteiger partial charge < -0.3 is 0 Å². The van der Waals surface area contributed by atoms with Crippen LogP contribution < -0.4 is 0 Å². The molecule has 0 N–H and O–H groups in total. The quantitative estimate of drug-likeness (QED) is 0.383. The van der Waals surface area contributed by atoms with Crippen LogP contribution in [0.1, 0.15) is 0 Å². The van der Waals surface area contributed by atoms with E-state index >= 15 is 0 Å². The molecule has 9 heteroatoms. The second-order valence-electron chi connectivity index (χ2n) is 1.32. The lowest BCUT2D eigenvalue weighted by atomic mass is 10.8. The van der Waals surface area contributed by atoms with E-state index in [4.69, 9.17) is 39.6 Å². The van der Waals surface area contributed by atoms with Crippen LogP contribution in [0.3, 0.4) is 0 Å². The maximum atomic E-state index is 10.4. The van der Waals surface area contributed by atoms with Crippen molar-refractivity contribution in [2.75, 3.05) is 0 Å². The standard InChI is InChI=1S/C2HCl3O.C2HF3O.FH/c2*3-2(4,5)1-6;/h2*1H;1H. The van der Waals surface area contributed by atoms with Gasteiger partial charge in [0.05, 0.1) is 0 Å². The fourth-order valence-corrected chi connectivity index (χ4v) is 0. The summed E-state index contributed by atoms with van der Waals surface area (Å²) in [6.07, 6.45) is -5.47. The number of hydrogen-bond acceptors (Lipinski definition) is 2. The zero-order chi connectivity index (χ0) is 10.4. The molecule has 80 valence electrons. The van der Waals surface area contributed by atoms with Gasteiger partial charge in [0.1, 0.15) is 0 Å². The molecule has 0 saturated carbocycles. The second kappa shape index (κ2) is 7.34. The van der Waals surface area contributed by atoms with Gasteiger partial charge in [-0.3, -0.25) is 14.3 Å². The summed E-state index contributed by atoms with van der Waals surface area (Å²) < 4.78 is 29.5. The van der Waals surface area contributed by atoms with Crippen molar-refractivity contribution in [1.82, 2.24) is 0 Å². The van der Waals surface area contributed by atoms with Crippen LogP contribution in [0.2, 0.25) is 0 Å². The lowest BCUT2D eigenvalue weighted by molar-refractivity contribution is -0.156. The summed E-state index contributed by atoms with van der Waals surface area (Å²) in [5, 5.41) is 0. The Morgan fingerprint density at radius 2 is 1.08 bits per heavy atom. The van der Waals surface area contributed by atoms with Gasteiger partial charge in [-0.1, -0.05) is 34.8 Å². The third-order valence-corrected chi connectivity index (χ3v) is 0.535. The van der Waals surface area contributed by atoms with Crippen molar-refractivity contribution >= 4 is 47.4 Å². The number of halogens is 7. The molecule has 0 atom stereocenters. The van der Waals surface area contributed by atoms with Gasteiger partial charge >= 0.3 is 6.18 Å². The number of rotatable bonds is 0. The molecule has 0 aromatic heterocycles. The van der Waals surface area contributed by atoms with E-state index < -0.39 is 16.3 Å². The third-order valence-electron chi connectivity index (χ3n) is 0.267. The Hall–Kier alpha value is -0.0700. The molecule has 0 rings (SSSR count). The van der Waals surface area contributed by atoms with Crippen LogP contribution >= 0.6 is 34.8 Å². The van der Waals surface area contributed by atoms with Gasteiger partial charge in [0.15, 0.2) is 6.29 Å². The average molecular weight is 265 g/mol. The Balaban J connectivity index is -0.000000143. The van der Waals surface area contributed by atoms with E-state index in [0.29, 0.717) is 0 Å². The molecule has 13 heavy (non-hydrogen) atoms. The van der Waals surface area contributed by atoms with Crippen molar-refractivity contribution in [2.45, 2.75) is 9.97 Å². The zero-order valence-electron chi connectivity index (χ0n) is 5.65. The summed E-state index contributed by atoms with van der Waals surface area (Å²) in [4.78, 5) is 18.1. The highest BCUT2D eigenvalue weighted by Crippen LogP contribution is 2.21. The van der Waals surface area contributed by atoms with E-state index in [9.17, 15) is 18.0 Å². The van der Waals surface area contributed by atoms with Crippen LogP contribution in [0, 0.1) is 0 Å². The van der Waals surface area contributed by atoms with Crippen molar-refractivity contribution in [3.05, 3.63) is 0 Å². The Bertz CT molecular complexity index is 134. The first-order valence-corrected chi connectivity index (χ1v) is 3.32. The SMILES string of the molecule is F.O=CC(Cl)(Cl)Cl.O=CC(F)(F)F. The molecule has 0 fully saturated rings. The molecule has 0 aromatic carbocycles. The smallest absolute Gasteiger partial charge is 0.299 e. The van der Waals surface area contributed by atoms with Gasteiger partial charge in [0.2, 0.25) is 10.1 Å². The molecule has 0 unspecified atom stereocenters. The minimum atomic E-state index is -4.64. The molecule has 0 amide bonds. The summed E-state index contributed by atoms with van der Waals surface area (Å²) in [6, 6.07) is 0. The highest BCUT2D eigenvalue weighted by molar-refractivity contribution is 6.74. The molecule has 0 aliphatic rings. The normalized spacial score (nSPS) is 10.3. The van der Waals surface area contributed by atoms with Crippen molar-refractivity contribution in [1.29, 1.82) is 0 Å². The number of alkyl halides is 6. The zero-order valence-corrected chi connectivity index (χ0v) is 7.92. The predicted molar refractivity (Wildman–Crippen MR) is 41.0 cm³/mol. The Morgan fingerprint density at radius 3 is 1.08 bits per heavy atom. The summed E-state index contributed by atoms with van der Waals surface area (Å²) >= 11 is 14.6. The van der Waals surface area contributed by atoms with Crippen LogP contribution in [0.15, 0.2) is 0 Å². The van der Waals surface area contributed by atoms with E-state index in [2.05, 4.69) is 0 Å². The highest BCUT2D eigenvalue weighted by Gasteiger charge is 2.24. The second-order valence-corrected chi connectivity index (χ2v) is 3.69. The lowest BCUT2D eigenvalue weighted by Gasteiger charge is -1.93. The van der Waals surface area contributed by atoms with E-state index in [1.165, 1.54) is 0 Å². The minimum absolute atomic E-state index is 0. The van der Waals surface area contributed by atoms with E-state index in [1.54, 1.807) is 0 Å².